The number of hydrogen-bond donors (Lipinski definition) is 1. The maximum absolute atomic E-state index is 9.20. The van der Waals surface area contributed by atoms with E-state index in [1.807, 2.05) is 50.2 Å². The highest BCUT2D eigenvalue weighted by Crippen LogP contribution is 2.15. The molecule has 0 amide bonds. The van der Waals surface area contributed by atoms with Gasteiger partial charge in [-0.15, -0.1) is 0 Å². The third kappa shape index (κ3) is 2.33. The van der Waals surface area contributed by atoms with E-state index in [1.54, 1.807) is 6.20 Å². The van der Waals surface area contributed by atoms with Gasteiger partial charge < -0.3 is 5.21 Å². The van der Waals surface area contributed by atoms with Crippen molar-refractivity contribution >= 4 is 5.71 Å². The molecule has 3 nitrogen and oxygen atoms in total. The van der Waals surface area contributed by atoms with E-state index >= 15 is 0 Å². The Labute approximate surface area is 100 Å². The molecule has 0 aliphatic carbocycles. The fraction of sp³-hybridized carbons (Fsp3) is 0.143. The minimum Gasteiger partial charge on any atom is -0.410 e. The first-order valence-corrected chi connectivity index (χ1v) is 5.43. The zero-order valence-electron chi connectivity index (χ0n) is 9.88. The summed E-state index contributed by atoms with van der Waals surface area (Å²) >= 11 is 0. The van der Waals surface area contributed by atoms with Crippen LogP contribution in [0.5, 0.6) is 0 Å². The van der Waals surface area contributed by atoms with Crippen LogP contribution in [0.15, 0.2) is 47.8 Å². The van der Waals surface area contributed by atoms with E-state index < -0.39 is 0 Å². The summed E-state index contributed by atoms with van der Waals surface area (Å²) in [6, 6.07) is 11.6. The first-order valence-electron chi connectivity index (χ1n) is 5.43. The lowest BCUT2D eigenvalue weighted by molar-refractivity contribution is 0.319. The fourth-order valence-corrected chi connectivity index (χ4v) is 1.74. The molecule has 1 N–H and O–H groups in total. The highest BCUT2D eigenvalue weighted by molar-refractivity contribution is 6.12. The summed E-state index contributed by atoms with van der Waals surface area (Å²) in [7, 11) is 0. The van der Waals surface area contributed by atoms with Gasteiger partial charge in [0, 0.05) is 11.8 Å². The minimum absolute atomic E-state index is 0.506. The highest BCUT2D eigenvalue weighted by atomic mass is 16.4. The van der Waals surface area contributed by atoms with Gasteiger partial charge in [0.05, 0.1) is 5.69 Å². The lowest BCUT2D eigenvalue weighted by Gasteiger charge is -2.08. The van der Waals surface area contributed by atoms with E-state index in [2.05, 4.69) is 10.1 Å². The van der Waals surface area contributed by atoms with E-state index in [4.69, 9.17) is 0 Å². The Morgan fingerprint density at radius 2 is 2.00 bits per heavy atom. The summed E-state index contributed by atoms with van der Waals surface area (Å²) in [4.78, 5) is 4.21. The molecule has 3 heteroatoms. The number of hydrogen-bond acceptors (Lipinski definition) is 3. The summed E-state index contributed by atoms with van der Waals surface area (Å²) in [5, 5.41) is 12.6. The molecule has 0 unspecified atom stereocenters. The number of pyridine rings is 1. The minimum atomic E-state index is 0.506. The Kier molecular flexibility index (Phi) is 3.19. The van der Waals surface area contributed by atoms with Gasteiger partial charge in [0.15, 0.2) is 0 Å². The molecule has 0 saturated heterocycles. The van der Waals surface area contributed by atoms with Crippen molar-refractivity contribution in [2.75, 3.05) is 0 Å². The van der Waals surface area contributed by atoms with Gasteiger partial charge in [-0.1, -0.05) is 28.9 Å². The molecule has 2 aromatic rings. The number of oxime groups is 1. The van der Waals surface area contributed by atoms with Gasteiger partial charge in [-0.25, -0.2) is 0 Å². The van der Waals surface area contributed by atoms with Gasteiger partial charge in [-0.05, 0) is 37.6 Å². The van der Waals surface area contributed by atoms with E-state index in [0.717, 1.165) is 16.7 Å². The van der Waals surface area contributed by atoms with Gasteiger partial charge in [0.1, 0.15) is 5.71 Å². The normalized spacial score (nSPS) is 11.5. The molecule has 0 saturated carbocycles. The number of rotatable bonds is 2. The van der Waals surface area contributed by atoms with Crippen molar-refractivity contribution in [1.82, 2.24) is 4.98 Å². The summed E-state index contributed by atoms with van der Waals surface area (Å²) in [6.45, 7) is 4.00. The number of aromatic nitrogens is 1. The summed E-state index contributed by atoms with van der Waals surface area (Å²) in [5.41, 5.74) is 4.28. The molecule has 0 bridgehead atoms. The van der Waals surface area contributed by atoms with E-state index in [-0.39, 0.29) is 0 Å². The highest BCUT2D eigenvalue weighted by Gasteiger charge is 2.11. The van der Waals surface area contributed by atoms with Crippen molar-refractivity contribution in [3.63, 3.8) is 0 Å². The van der Waals surface area contributed by atoms with Crippen molar-refractivity contribution in [3.05, 3.63) is 65.0 Å². The predicted molar refractivity (Wildman–Crippen MR) is 67.6 cm³/mol. The molecular weight excluding hydrogens is 212 g/mol. The summed E-state index contributed by atoms with van der Waals surface area (Å²) < 4.78 is 0. The van der Waals surface area contributed by atoms with Gasteiger partial charge in [0.2, 0.25) is 0 Å². The predicted octanol–water partition coefficient (Wildman–Crippen LogP) is 2.93. The molecule has 86 valence electrons. The molecule has 2 rings (SSSR count). The van der Waals surface area contributed by atoms with Crippen molar-refractivity contribution in [1.29, 1.82) is 0 Å². The quantitative estimate of drug-likeness (QED) is 0.486. The van der Waals surface area contributed by atoms with Crippen LogP contribution in [-0.4, -0.2) is 15.9 Å². The third-order valence-corrected chi connectivity index (χ3v) is 2.66. The Balaban J connectivity index is 2.54. The number of benzene rings is 1. The second-order valence-corrected chi connectivity index (χ2v) is 3.98. The van der Waals surface area contributed by atoms with Crippen LogP contribution in [0, 0.1) is 13.8 Å². The van der Waals surface area contributed by atoms with Crippen LogP contribution in [0.2, 0.25) is 0 Å². The molecule has 0 spiro atoms. The Morgan fingerprint density at radius 1 is 1.18 bits per heavy atom. The topological polar surface area (TPSA) is 45.5 Å². The first-order chi connectivity index (χ1) is 8.22. The SMILES string of the molecule is Cc1ccc(C)c(C(=NO)c2ccccn2)c1. The van der Waals surface area contributed by atoms with Crippen molar-refractivity contribution in [2.24, 2.45) is 5.16 Å². The maximum Gasteiger partial charge on any atom is 0.135 e. The summed E-state index contributed by atoms with van der Waals surface area (Å²) in [5.74, 6) is 0. The molecule has 1 heterocycles. The standard InChI is InChI=1S/C14H14N2O/c1-10-6-7-11(2)12(9-10)14(16-17)13-5-3-4-8-15-13/h3-9,17H,1-2H3. The average molecular weight is 226 g/mol. The monoisotopic (exact) mass is 226 g/mol. The van der Waals surface area contributed by atoms with Crippen LogP contribution < -0.4 is 0 Å². The lowest BCUT2D eigenvalue weighted by Crippen LogP contribution is -2.07. The molecule has 1 aromatic carbocycles. The first kappa shape index (κ1) is 11.3. The average Bonchev–Trinajstić information content (AvgIpc) is 2.36. The Morgan fingerprint density at radius 3 is 2.65 bits per heavy atom. The van der Waals surface area contributed by atoms with Gasteiger partial charge in [-0.2, -0.15) is 0 Å². The molecule has 0 fully saturated rings. The summed E-state index contributed by atoms with van der Waals surface area (Å²) in [6.07, 6.45) is 1.69. The molecule has 0 radical (unpaired) electrons. The molecular formula is C14H14N2O. The van der Waals surface area contributed by atoms with E-state index in [9.17, 15) is 5.21 Å². The Bertz CT molecular complexity index is 547. The number of nitrogens with zero attached hydrogens (tertiary/aromatic N) is 2. The van der Waals surface area contributed by atoms with E-state index in [0.29, 0.717) is 11.4 Å². The van der Waals surface area contributed by atoms with Crippen molar-refractivity contribution in [2.45, 2.75) is 13.8 Å². The molecule has 17 heavy (non-hydrogen) atoms. The Hall–Kier alpha value is -2.16. The van der Waals surface area contributed by atoms with Gasteiger partial charge in [0.25, 0.3) is 0 Å². The van der Waals surface area contributed by atoms with Crippen LogP contribution in [0.4, 0.5) is 0 Å². The van der Waals surface area contributed by atoms with E-state index in [1.165, 1.54) is 0 Å². The largest absolute Gasteiger partial charge is 0.410 e. The number of aryl methyl sites for hydroxylation is 2. The molecule has 0 aliphatic rings. The van der Waals surface area contributed by atoms with Crippen molar-refractivity contribution in [3.8, 4) is 0 Å². The van der Waals surface area contributed by atoms with Crippen LogP contribution in [0.1, 0.15) is 22.4 Å². The smallest absolute Gasteiger partial charge is 0.135 e. The van der Waals surface area contributed by atoms with Crippen molar-refractivity contribution < 1.29 is 5.21 Å². The van der Waals surface area contributed by atoms with Crippen LogP contribution in [0.25, 0.3) is 0 Å². The fourth-order valence-electron chi connectivity index (χ4n) is 1.74. The zero-order valence-corrected chi connectivity index (χ0v) is 9.88. The van der Waals surface area contributed by atoms with Crippen LogP contribution >= 0.6 is 0 Å². The van der Waals surface area contributed by atoms with Crippen LogP contribution in [-0.2, 0) is 0 Å². The molecule has 0 atom stereocenters. The third-order valence-electron chi connectivity index (χ3n) is 2.66. The molecule has 1 aromatic heterocycles. The lowest BCUT2D eigenvalue weighted by atomic mass is 9.99. The van der Waals surface area contributed by atoms with Crippen LogP contribution in [0.3, 0.4) is 0 Å². The zero-order chi connectivity index (χ0) is 12.3. The maximum atomic E-state index is 9.20. The second kappa shape index (κ2) is 4.78. The second-order valence-electron chi connectivity index (χ2n) is 3.98. The van der Waals surface area contributed by atoms with Gasteiger partial charge >= 0.3 is 0 Å². The molecule has 0 aliphatic heterocycles. The van der Waals surface area contributed by atoms with Gasteiger partial charge in [-0.3, -0.25) is 4.98 Å².